The van der Waals surface area contributed by atoms with Crippen molar-refractivity contribution in [3.63, 3.8) is 0 Å². The molecule has 2 saturated heterocycles. The van der Waals surface area contributed by atoms with Gasteiger partial charge in [-0.2, -0.15) is 4.31 Å². The van der Waals surface area contributed by atoms with E-state index in [1.165, 1.54) is 23.8 Å². The van der Waals surface area contributed by atoms with Gasteiger partial charge in [0.25, 0.3) is 10.0 Å². The Morgan fingerprint density at radius 1 is 1.12 bits per heavy atom. The molecule has 0 unspecified atom stereocenters. The van der Waals surface area contributed by atoms with Crippen molar-refractivity contribution in [2.24, 2.45) is 12.5 Å². The Hall–Kier alpha value is -1.38. The van der Waals surface area contributed by atoms with Gasteiger partial charge in [-0.1, -0.05) is 0 Å². The minimum absolute atomic E-state index is 0.107. The average Bonchev–Trinajstić information content (AvgIpc) is 3.15. The Bertz CT molecular complexity index is 733. The normalized spacial score (nSPS) is 22.1. The smallest absolute Gasteiger partial charge is 0.354 e. The minimum atomic E-state index is -3.60. The Balaban J connectivity index is 1.82. The Kier molecular flexibility index (Phi) is 4.48. The molecular formula is C16H25N3O4S. The zero-order valence-corrected chi connectivity index (χ0v) is 15.3. The van der Waals surface area contributed by atoms with Crippen molar-refractivity contribution >= 4 is 16.0 Å². The molecule has 3 heterocycles. The molecule has 2 aliphatic rings. The standard InChI is InChI=1S/C16H25N3O4S/c1-17-9-6-16(7-10-17)8-11-19(12-16)24(21,22)14-5-4-13(18(14)2)15(20)23-3/h4-5H,6-12H2,1-3H3. The molecular weight excluding hydrogens is 330 g/mol. The lowest BCUT2D eigenvalue weighted by molar-refractivity contribution is 0.0589. The predicted molar refractivity (Wildman–Crippen MR) is 89.3 cm³/mol. The van der Waals surface area contributed by atoms with E-state index in [-0.39, 0.29) is 16.1 Å². The molecule has 24 heavy (non-hydrogen) atoms. The molecule has 8 heteroatoms. The lowest BCUT2D eigenvalue weighted by Crippen LogP contribution is -2.40. The third-order valence-corrected chi connectivity index (χ3v) is 7.46. The molecule has 1 aromatic rings. The summed E-state index contributed by atoms with van der Waals surface area (Å²) in [6.45, 7) is 3.15. The third-order valence-electron chi connectivity index (χ3n) is 5.53. The van der Waals surface area contributed by atoms with E-state index in [2.05, 4.69) is 11.9 Å². The van der Waals surface area contributed by atoms with E-state index in [9.17, 15) is 13.2 Å². The third kappa shape index (κ3) is 2.87. The highest BCUT2D eigenvalue weighted by molar-refractivity contribution is 7.89. The fraction of sp³-hybridized carbons (Fsp3) is 0.688. The number of carbonyl (C=O) groups is 1. The number of esters is 1. The summed E-state index contributed by atoms with van der Waals surface area (Å²) in [6, 6.07) is 2.99. The van der Waals surface area contributed by atoms with E-state index >= 15 is 0 Å². The van der Waals surface area contributed by atoms with Gasteiger partial charge >= 0.3 is 5.97 Å². The van der Waals surface area contributed by atoms with Gasteiger partial charge in [0, 0.05) is 20.1 Å². The van der Waals surface area contributed by atoms with E-state index in [1.54, 1.807) is 11.4 Å². The lowest BCUT2D eigenvalue weighted by atomic mass is 9.78. The van der Waals surface area contributed by atoms with E-state index in [1.807, 2.05) is 0 Å². The number of carbonyl (C=O) groups excluding carboxylic acids is 1. The fourth-order valence-corrected chi connectivity index (χ4v) is 5.52. The number of methoxy groups -OCH3 is 1. The summed E-state index contributed by atoms with van der Waals surface area (Å²) in [5, 5.41) is 0.146. The second kappa shape index (κ2) is 6.16. The monoisotopic (exact) mass is 355 g/mol. The quantitative estimate of drug-likeness (QED) is 0.754. The summed E-state index contributed by atoms with van der Waals surface area (Å²) in [5.41, 5.74) is 0.347. The SMILES string of the molecule is COC(=O)c1ccc(S(=O)(=O)N2CCC3(CCN(C)CC3)C2)n1C. The number of rotatable bonds is 3. The second-order valence-electron chi connectivity index (χ2n) is 7.00. The number of sulfonamides is 1. The first-order chi connectivity index (χ1) is 11.3. The summed E-state index contributed by atoms with van der Waals surface area (Å²) in [6.07, 6.45) is 2.99. The molecule has 0 aromatic carbocycles. The Morgan fingerprint density at radius 2 is 1.75 bits per heavy atom. The predicted octanol–water partition coefficient (Wildman–Crippen LogP) is 0.918. The van der Waals surface area contributed by atoms with Gasteiger partial charge in [-0.25, -0.2) is 13.2 Å². The molecule has 7 nitrogen and oxygen atoms in total. The van der Waals surface area contributed by atoms with Crippen LogP contribution >= 0.6 is 0 Å². The van der Waals surface area contributed by atoms with Crippen molar-refractivity contribution in [2.45, 2.75) is 24.3 Å². The van der Waals surface area contributed by atoms with Gasteiger partial charge in [-0.15, -0.1) is 0 Å². The summed E-state index contributed by atoms with van der Waals surface area (Å²) < 4.78 is 33.7. The van der Waals surface area contributed by atoms with Crippen LogP contribution in [0.25, 0.3) is 0 Å². The molecule has 0 aliphatic carbocycles. The second-order valence-corrected chi connectivity index (χ2v) is 8.88. The summed E-state index contributed by atoms with van der Waals surface area (Å²) in [5.74, 6) is -0.535. The molecule has 0 bridgehead atoms. The van der Waals surface area contributed by atoms with Crippen molar-refractivity contribution in [1.82, 2.24) is 13.8 Å². The van der Waals surface area contributed by atoms with Gasteiger partial charge in [0.05, 0.1) is 7.11 Å². The van der Waals surface area contributed by atoms with Crippen LogP contribution in [0.4, 0.5) is 0 Å². The maximum Gasteiger partial charge on any atom is 0.354 e. The molecule has 0 radical (unpaired) electrons. The Morgan fingerprint density at radius 3 is 2.38 bits per heavy atom. The van der Waals surface area contributed by atoms with E-state index in [4.69, 9.17) is 4.74 Å². The molecule has 1 spiro atoms. The maximum absolute atomic E-state index is 13.0. The highest BCUT2D eigenvalue weighted by Gasteiger charge is 2.44. The zero-order chi connectivity index (χ0) is 17.5. The van der Waals surface area contributed by atoms with Crippen LogP contribution < -0.4 is 0 Å². The van der Waals surface area contributed by atoms with Crippen LogP contribution in [0.3, 0.4) is 0 Å². The number of aromatic nitrogens is 1. The molecule has 0 saturated carbocycles. The number of piperidine rings is 1. The van der Waals surface area contributed by atoms with Crippen LogP contribution in [0.2, 0.25) is 0 Å². The number of likely N-dealkylation sites (tertiary alicyclic amines) is 1. The molecule has 0 atom stereocenters. The van der Waals surface area contributed by atoms with Crippen LogP contribution in [-0.4, -0.2) is 68.5 Å². The highest BCUT2D eigenvalue weighted by atomic mass is 32.2. The first-order valence-electron chi connectivity index (χ1n) is 8.22. The van der Waals surface area contributed by atoms with Crippen molar-refractivity contribution in [3.8, 4) is 0 Å². The van der Waals surface area contributed by atoms with Gasteiger partial charge in [0.1, 0.15) is 5.69 Å². The topological polar surface area (TPSA) is 71.8 Å². The average molecular weight is 355 g/mol. The van der Waals surface area contributed by atoms with Crippen molar-refractivity contribution in [3.05, 3.63) is 17.8 Å². The van der Waals surface area contributed by atoms with Crippen molar-refractivity contribution < 1.29 is 17.9 Å². The van der Waals surface area contributed by atoms with Crippen molar-refractivity contribution in [1.29, 1.82) is 0 Å². The van der Waals surface area contributed by atoms with Gasteiger partial charge in [0.2, 0.25) is 0 Å². The first-order valence-corrected chi connectivity index (χ1v) is 9.66. The maximum atomic E-state index is 13.0. The van der Waals surface area contributed by atoms with E-state index in [0.29, 0.717) is 13.1 Å². The molecule has 1 aromatic heterocycles. The van der Waals surface area contributed by atoms with Gasteiger partial charge in [-0.3, -0.25) is 0 Å². The molecule has 134 valence electrons. The van der Waals surface area contributed by atoms with Crippen LogP contribution in [-0.2, 0) is 21.8 Å². The largest absolute Gasteiger partial charge is 0.464 e. The van der Waals surface area contributed by atoms with Gasteiger partial charge in [0.15, 0.2) is 5.03 Å². The van der Waals surface area contributed by atoms with E-state index in [0.717, 1.165) is 32.4 Å². The van der Waals surface area contributed by atoms with E-state index < -0.39 is 16.0 Å². The van der Waals surface area contributed by atoms with Gasteiger partial charge < -0.3 is 14.2 Å². The minimum Gasteiger partial charge on any atom is -0.464 e. The first kappa shape index (κ1) is 17.4. The lowest BCUT2D eigenvalue weighted by Gasteiger charge is -2.37. The van der Waals surface area contributed by atoms with Crippen molar-refractivity contribution in [2.75, 3.05) is 40.3 Å². The number of hydrogen-bond donors (Lipinski definition) is 0. The molecule has 0 N–H and O–H groups in total. The summed E-state index contributed by atoms with van der Waals surface area (Å²) in [7, 11) is 1.37. The zero-order valence-electron chi connectivity index (χ0n) is 14.5. The molecule has 2 aliphatic heterocycles. The fourth-order valence-electron chi connectivity index (χ4n) is 3.79. The van der Waals surface area contributed by atoms with Gasteiger partial charge in [-0.05, 0) is 56.9 Å². The molecule has 2 fully saturated rings. The van der Waals surface area contributed by atoms with Crippen LogP contribution in [0, 0.1) is 5.41 Å². The number of nitrogens with zero attached hydrogens (tertiary/aromatic N) is 3. The number of hydrogen-bond acceptors (Lipinski definition) is 5. The summed E-state index contributed by atoms with van der Waals surface area (Å²) >= 11 is 0. The molecule has 3 rings (SSSR count). The number of ether oxygens (including phenoxy) is 1. The van der Waals surface area contributed by atoms with Crippen LogP contribution in [0.15, 0.2) is 17.2 Å². The highest BCUT2D eigenvalue weighted by Crippen LogP contribution is 2.41. The van der Waals surface area contributed by atoms with Crippen LogP contribution in [0.1, 0.15) is 29.8 Å². The Labute approximate surface area is 143 Å². The van der Waals surface area contributed by atoms with Crippen LogP contribution in [0.5, 0.6) is 0 Å². The summed E-state index contributed by atoms with van der Waals surface area (Å²) in [4.78, 5) is 14.0. The molecule has 0 amide bonds.